The number of ether oxygens (including phenoxy) is 1. The van der Waals surface area contributed by atoms with Gasteiger partial charge in [0, 0.05) is 30.9 Å². The van der Waals surface area contributed by atoms with Crippen LogP contribution in [-0.4, -0.2) is 36.9 Å². The molecule has 1 aromatic carbocycles. The van der Waals surface area contributed by atoms with Crippen molar-refractivity contribution < 1.29 is 14.3 Å². The van der Waals surface area contributed by atoms with Gasteiger partial charge in [-0.05, 0) is 54.3 Å². The number of amides is 2. The van der Waals surface area contributed by atoms with Crippen LogP contribution in [0.2, 0.25) is 0 Å². The van der Waals surface area contributed by atoms with Crippen LogP contribution >= 0.6 is 11.3 Å². The molecule has 28 heavy (non-hydrogen) atoms. The van der Waals surface area contributed by atoms with Crippen LogP contribution in [-0.2, 0) is 22.6 Å². The molecule has 150 valence electrons. The molecule has 1 aliphatic rings. The monoisotopic (exact) mass is 400 g/mol. The highest BCUT2D eigenvalue weighted by Crippen LogP contribution is 2.22. The van der Waals surface area contributed by atoms with Crippen LogP contribution in [0.5, 0.6) is 5.75 Å². The van der Waals surface area contributed by atoms with E-state index in [1.165, 1.54) is 0 Å². The van der Waals surface area contributed by atoms with Gasteiger partial charge in [-0.3, -0.25) is 9.59 Å². The quantitative estimate of drug-likeness (QED) is 0.736. The van der Waals surface area contributed by atoms with E-state index >= 15 is 0 Å². The van der Waals surface area contributed by atoms with Crippen LogP contribution in [0.1, 0.15) is 36.1 Å². The van der Waals surface area contributed by atoms with E-state index in [1.807, 2.05) is 46.7 Å². The Bertz CT molecular complexity index is 776. The van der Waals surface area contributed by atoms with Gasteiger partial charge in [0.15, 0.2) is 0 Å². The number of benzene rings is 1. The zero-order valence-electron chi connectivity index (χ0n) is 16.4. The summed E-state index contributed by atoms with van der Waals surface area (Å²) < 4.78 is 5.21. The van der Waals surface area contributed by atoms with Crippen LogP contribution in [0.3, 0.4) is 0 Å². The summed E-state index contributed by atoms with van der Waals surface area (Å²) in [5.41, 5.74) is 1.02. The molecule has 2 heterocycles. The fourth-order valence-corrected chi connectivity index (χ4v) is 4.30. The second kappa shape index (κ2) is 10.3. The first-order chi connectivity index (χ1) is 13.6. The number of nitrogens with one attached hydrogen (secondary N) is 1. The van der Waals surface area contributed by atoms with Crippen molar-refractivity contribution in [1.29, 1.82) is 0 Å². The molecule has 0 unspecified atom stereocenters. The third-order valence-corrected chi connectivity index (χ3v) is 6.06. The van der Waals surface area contributed by atoms with Gasteiger partial charge >= 0.3 is 0 Å². The van der Waals surface area contributed by atoms with E-state index in [-0.39, 0.29) is 11.8 Å². The Labute approximate surface area is 170 Å². The van der Waals surface area contributed by atoms with Gasteiger partial charge in [0.25, 0.3) is 0 Å². The number of carbonyl (C=O) groups is 2. The van der Waals surface area contributed by atoms with E-state index in [0.717, 1.165) is 48.5 Å². The number of thiophene rings is 1. The molecule has 1 N–H and O–H groups in total. The lowest BCUT2D eigenvalue weighted by Crippen LogP contribution is -2.41. The zero-order chi connectivity index (χ0) is 19.8. The first-order valence-electron chi connectivity index (χ1n) is 9.84. The average molecular weight is 401 g/mol. The molecule has 2 amide bonds. The van der Waals surface area contributed by atoms with Gasteiger partial charge in [0.05, 0.1) is 13.5 Å². The van der Waals surface area contributed by atoms with Crippen molar-refractivity contribution in [2.24, 2.45) is 5.92 Å². The van der Waals surface area contributed by atoms with E-state index in [0.29, 0.717) is 25.3 Å². The summed E-state index contributed by atoms with van der Waals surface area (Å²) in [5.74, 6) is 1.46. The molecule has 0 saturated carbocycles. The molecule has 6 heteroatoms. The van der Waals surface area contributed by atoms with Gasteiger partial charge in [-0.2, -0.15) is 0 Å². The van der Waals surface area contributed by atoms with E-state index in [2.05, 4.69) is 5.32 Å². The highest BCUT2D eigenvalue weighted by Gasteiger charge is 2.24. The minimum atomic E-state index is 0.0601. The predicted molar refractivity (Wildman–Crippen MR) is 111 cm³/mol. The second-order valence-electron chi connectivity index (χ2n) is 7.27. The summed E-state index contributed by atoms with van der Waals surface area (Å²) in [6, 6.07) is 11.7. The molecule has 5 nitrogen and oxygen atoms in total. The van der Waals surface area contributed by atoms with Gasteiger partial charge in [0.2, 0.25) is 11.8 Å². The molecule has 0 bridgehead atoms. The molecule has 1 atom stereocenters. The molecule has 1 aromatic heterocycles. The van der Waals surface area contributed by atoms with E-state index in [9.17, 15) is 9.59 Å². The predicted octanol–water partition coefficient (Wildman–Crippen LogP) is 3.63. The first-order valence-corrected chi connectivity index (χ1v) is 10.7. The fourth-order valence-electron chi connectivity index (χ4n) is 3.61. The Kier molecular flexibility index (Phi) is 7.48. The number of likely N-dealkylation sites (tertiary alicyclic amines) is 1. The molecule has 1 fully saturated rings. The van der Waals surface area contributed by atoms with Crippen molar-refractivity contribution in [3.8, 4) is 5.75 Å². The van der Waals surface area contributed by atoms with Gasteiger partial charge in [-0.25, -0.2) is 0 Å². The number of nitrogens with zero attached hydrogens (tertiary/aromatic N) is 1. The maximum absolute atomic E-state index is 12.5. The summed E-state index contributed by atoms with van der Waals surface area (Å²) in [6.45, 7) is 2.11. The van der Waals surface area contributed by atoms with Crippen molar-refractivity contribution >= 4 is 23.2 Å². The lowest BCUT2D eigenvalue weighted by Gasteiger charge is -2.32. The Morgan fingerprint density at radius 3 is 2.96 bits per heavy atom. The van der Waals surface area contributed by atoms with Crippen LogP contribution in [0.15, 0.2) is 41.8 Å². The Morgan fingerprint density at radius 2 is 2.18 bits per heavy atom. The molecule has 1 aliphatic heterocycles. The van der Waals surface area contributed by atoms with Crippen molar-refractivity contribution in [1.82, 2.24) is 10.2 Å². The average Bonchev–Trinajstić information content (AvgIpc) is 3.24. The highest BCUT2D eigenvalue weighted by atomic mass is 32.1. The minimum absolute atomic E-state index is 0.0601. The standard InChI is InChI=1S/C22H28N2O3S/c1-27-19-7-2-5-18(13-19)15-23-21(25)10-9-17-6-3-11-24(16-17)22(26)14-20-8-4-12-28-20/h2,4-5,7-8,12-13,17H,3,6,9-11,14-16H2,1H3,(H,23,25)/t17-/m0/s1. The van der Waals surface area contributed by atoms with Crippen molar-refractivity contribution in [3.63, 3.8) is 0 Å². The third kappa shape index (κ3) is 6.09. The van der Waals surface area contributed by atoms with E-state index in [1.54, 1.807) is 18.4 Å². The number of piperidine rings is 1. The Hall–Kier alpha value is -2.34. The summed E-state index contributed by atoms with van der Waals surface area (Å²) >= 11 is 1.63. The van der Waals surface area contributed by atoms with Gasteiger partial charge in [-0.1, -0.05) is 18.2 Å². The number of rotatable bonds is 8. The molecular weight excluding hydrogens is 372 g/mol. The van der Waals surface area contributed by atoms with Crippen LogP contribution in [0, 0.1) is 5.92 Å². The number of carbonyl (C=O) groups excluding carboxylic acids is 2. The summed E-state index contributed by atoms with van der Waals surface area (Å²) in [7, 11) is 1.64. The maximum Gasteiger partial charge on any atom is 0.227 e. The van der Waals surface area contributed by atoms with Crippen molar-refractivity contribution in [3.05, 3.63) is 52.2 Å². The van der Waals surface area contributed by atoms with Gasteiger partial charge in [-0.15, -0.1) is 11.3 Å². The molecule has 0 spiro atoms. The van der Waals surface area contributed by atoms with E-state index in [4.69, 9.17) is 4.74 Å². The topological polar surface area (TPSA) is 58.6 Å². The number of methoxy groups -OCH3 is 1. The lowest BCUT2D eigenvalue weighted by atomic mass is 9.93. The first kappa shape index (κ1) is 20.4. The zero-order valence-corrected chi connectivity index (χ0v) is 17.2. The van der Waals surface area contributed by atoms with Crippen LogP contribution in [0.25, 0.3) is 0 Å². The smallest absolute Gasteiger partial charge is 0.227 e. The van der Waals surface area contributed by atoms with Crippen molar-refractivity contribution in [2.75, 3.05) is 20.2 Å². The normalized spacial score (nSPS) is 16.6. The van der Waals surface area contributed by atoms with Gasteiger partial charge < -0.3 is 15.0 Å². The molecule has 2 aromatic rings. The Morgan fingerprint density at radius 1 is 1.29 bits per heavy atom. The minimum Gasteiger partial charge on any atom is -0.497 e. The van der Waals surface area contributed by atoms with Crippen LogP contribution < -0.4 is 10.1 Å². The van der Waals surface area contributed by atoms with E-state index < -0.39 is 0 Å². The SMILES string of the molecule is COc1cccc(CNC(=O)CC[C@@H]2CCCN(C(=O)Cc3cccs3)C2)c1. The van der Waals surface area contributed by atoms with Crippen molar-refractivity contribution in [2.45, 2.75) is 38.6 Å². The molecular formula is C22H28N2O3S. The number of hydrogen-bond donors (Lipinski definition) is 1. The number of hydrogen-bond acceptors (Lipinski definition) is 4. The second-order valence-corrected chi connectivity index (χ2v) is 8.30. The molecule has 0 radical (unpaired) electrons. The van der Waals surface area contributed by atoms with Gasteiger partial charge in [0.1, 0.15) is 5.75 Å². The fraction of sp³-hybridized carbons (Fsp3) is 0.455. The molecule has 0 aliphatic carbocycles. The summed E-state index contributed by atoms with van der Waals surface area (Å²) in [6.07, 6.45) is 3.93. The Balaban J connectivity index is 1.39. The summed E-state index contributed by atoms with van der Waals surface area (Å²) in [5, 5.41) is 4.99. The maximum atomic E-state index is 12.5. The largest absolute Gasteiger partial charge is 0.497 e. The summed E-state index contributed by atoms with van der Waals surface area (Å²) in [4.78, 5) is 27.8. The highest BCUT2D eigenvalue weighted by molar-refractivity contribution is 7.10. The van der Waals surface area contributed by atoms with Crippen LogP contribution in [0.4, 0.5) is 0 Å². The molecule has 3 rings (SSSR count). The third-order valence-electron chi connectivity index (χ3n) is 5.18. The molecule has 1 saturated heterocycles. The lowest BCUT2D eigenvalue weighted by molar-refractivity contribution is -0.132.